The number of aromatic amines is 1. The second-order valence-corrected chi connectivity index (χ2v) is 7.05. The van der Waals surface area contributed by atoms with Gasteiger partial charge in [-0.25, -0.2) is 4.98 Å². The summed E-state index contributed by atoms with van der Waals surface area (Å²) in [6.45, 7) is 1.33. The molecular formula is C21H18N4O4. The third kappa shape index (κ3) is 3.03. The van der Waals surface area contributed by atoms with Gasteiger partial charge >= 0.3 is 0 Å². The van der Waals surface area contributed by atoms with E-state index in [4.69, 9.17) is 14.6 Å². The second kappa shape index (κ2) is 6.75. The molecule has 0 amide bonds. The quantitative estimate of drug-likeness (QED) is 0.551. The van der Waals surface area contributed by atoms with Gasteiger partial charge in [0.1, 0.15) is 5.58 Å². The van der Waals surface area contributed by atoms with Crippen molar-refractivity contribution in [1.29, 1.82) is 0 Å². The summed E-state index contributed by atoms with van der Waals surface area (Å²) in [4.78, 5) is 34.8. The van der Waals surface area contributed by atoms with Gasteiger partial charge in [-0.3, -0.25) is 14.5 Å². The van der Waals surface area contributed by atoms with Crippen LogP contribution in [0.25, 0.3) is 22.6 Å². The molecular weight excluding hydrogens is 372 g/mol. The first-order valence-electron chi connectivity index (χ1n) is 9.28. The highest BCUT2D eigenvalue weighted by Gasteiger charge is 2.24. The number of fused-ring (bicyclic) bond motifs is 2. The number of hydrogen-bond acceptors (Lipinski definition) is 7. The number of anilines is 1. The molecule has 8 nitrogen and oxygen atoms in total. The van der Waals surface area contributed by atoms with E-state index in [0.717, 1.165) is 5.69 Å². The van der Waals surface area contributed by atoms with Gasteiger partial charge in [-0.2, -0.15) is 0 Å². The largest absolute Gasteiger partial charge is 0.461 e. The predicted molar refractivity (Wildman–Crippen MR) is 107 cm³/mol. The Labute approximate surface area is 164 Å². The number of nitrogen functional groups attached to an aromatic ring is 1. The molecule has 0 unspecified atom stereocenters. The Kier molecular flexibility index (Phi) is 4.06. The maximum atomic E-state index is 12.9. The van der Waals surface area contributed by atoms with Crippen LogP contribution >= 0.6 is 0 Å². The van der Waals surface area contributed by atoms with Crippen LogP contribution < -0.4 is 16.7 Å². The molecule has 4 aromatic rings. The molecule has 8 heteroatoms. The second-order valence-electron chi connectivity index (χ2n) is 7.05. The number of nitrogens with two attached hydrogens (primary N) is 1. The van der Waals surface area contributed by atoms with E-state index in [1.165, 1.54) is 6.26 Å². The molecule has 3 N–H and O–H groups in total. The van der Waals surface area contributed by atoms with Gasteiger partial charge in [0.05, 0.1) is 28.5 Å². The van der Waals surface area contributed by atoms with Gasteiger partial charge in [0, 0.05) is 26.1 Å². The summed E-state index contributed by atoms with van der Waals surface area (Å²) in [5, 5.41) is 0.497. The Balaban J connectivity index is 1.46. The van der Waals surface area contributed by atoms with Crippen molar-refractivity contribution in [3.05, 3.63) is 80.1 Å². The first kappa shape index (κ1) is 17.4. The summed E-state index contributed by atoms with van der Waals surface area (Å²) in [6.07, 6.45) is 2.13. The molecule has 1 aliphatic heterocycles. The molecule has 146 valence electrons. The standard InChI is InChI=1S/C21H18N4O4/c22-19-14(18(26)12-4-1-2-5-16(12)29-19)11-25-8-7-15-13(10-25)21(27)24-20(23-15)17-6-3-9-28-17/h1-6,9H,7-8,10-11,22H2,(H,23,24,27). The average Bonchev–Trinajstić information content (AvgIpc) is 3.26. The summed E-state index contributed by atoms with van der Waals surface area (Å²) in [5.74, 6) is 1.06. The highest BCUT2D eigenvalue weighted by molar-refractivity contribution is 5.78. The minimum atomic E-state index is -0.204. The molecule has 0 spiro atoms. The molecule has 0 saturated heterocycles. The minimum Gasteiger partial charge on any atom is -0.461 e. The predicted octanol–water partition coefficient (Wildman–Crippen LogP) is 2.28. The van der Waals surface area contributed by atoms with Crippen molar-refractivity contribution in [2.45, 2.75) is 19.5 Å². The first-order chi connectivity index (χ1) is 14.1. The topological polar surface area (TPSA) is 118 Å². The zero-order valence-corrected chi connectivity index (χ0v) is 15.5. The molecule has 4 heterocycles. The lowest BCUT2D eigenvalue weighted by Gasteiger charge is -2.27. The van der Waals surface area contributed by atoms with E-state index in [1.807, 2.05) is 4.90 Å². The molecule has 5 rings (SSSR count). The van der Waals surface area contributed by atoms with Crippen molar-refractivity contribution in [3.8, 4) is 11.6 Å². The molecule has 0 atom stereocenters. The van der Waals surface area contributed by atoms with Gasteiger partial charge in [0.15, 0.2) is 22.9 Å². The normalized spacial score (nSPS) is 14.2. The lowest BCUT2D eigenvalue weighted by atomic mass is 10.1. The fraction of sp³-hybridized carbons (Fsp3) is 0.190. The zero-order valence-electron chi connectivity index (χ0n) is 15.5. The molecule has 0 fully saturated rings. The number of nitrogens with one attached hydrogen (secondary N) is 1. The van der Waals surface area contributed by atoms with Crippen LogP contribution in [0.4, 0.5) is 5.88 Å². The molecule has 1 aromatic carbocycles. The van der Waals surface area contributed by atoms with Crippen LogP contribution in [0.2, 0.25) is 0 Å². The summed E-state index contributed by atoms with van der Waals surface area (Å²) in [6, 6.07) is 10.5. The van der Waals surface area contributed by atoms with E-state index in [-0.39, 0.29) is 16.9 Å². The number of para-hydroxylation sites is 1. The van der Waals surface area contributed by atoms with Crippen molar-refractivity contribution in [3.63, 3.8) is 0 Å². The lowest BCUT2D eigenvalue weighted by Crippen LogP contribution is -2.36. The van der Waals surface area contributed by atoms with Crippen LogP contribution in [-0.4, -0.2) is 21.4 Å². The van der Waals surface area contributed by atoms with Gasteiger partial charge in [-0.15, -0.1) is 0 Å². The third-order valence-electron chi connectivity index (χ3n) is 5.21. The number of aromatic nitrogens is 2. The number of benzene rings is 1. The molecule has 0 radical (unpaired) electrons. The number of furan rings is 1. The van der Waals surface area contributed by atoms with Gasteiger partial charge in [-0.05, 0) is 24.3 Å². The Morgan fingerprint density at radius 2 is 2.03 bits per heavy atom. The molecule has 0 saturated carbocycles. The lowest BCUT2D eigenvalue weighted by molar-refractivity contribution is 0.240. The Hall–Kier alpha value is -3.65. The highest BCUT2D eigenvalue weighted by Crippen LogP contribution is 2.22. The van der Waals surface area contributed by atoms with Crippen LogP contribution in [0.1, 0.15) is 16.8 Å². The highest BCUT2D eigenvalue weighted by atomic mass is 16.3. The SMILES string of the molecule is Nc1oc2ccccc2c(=O)c1CN1CCc2nc(-c3ccco3)[nH]c(=O)c2C1. The smallest absolute Gasteiger partial charge is 0.256 e. The van der Waals surface area contributed by atoms with E-state index in [2.05, 4.69) is 9.97 Å². The number of hydrogen-bond donors (Lipinski definition) is 2. The Morgan fingerprint density at radius 1 is 1.17 bits per heavy atom. The molecule has 0 aliphatic carbocycles. The summed E-state index contributed by atoms with van der Waals surface area (Å²) >= 11 is 0. The zero-order chi connectivity index (χ0) is 20.0. The van der Waals surface area contributed by atoms with E-state index < -0.39 is 0 Å². The van der Waals surface area contributed by atoms with E-state index in [0.29, 0.717) is 59.7 Å². The van der Waals surface area contributed by atoms with Crippen molar-refractivity contribution in [2.75, 3.05) is 12.3 Å². The van der Waals surface area contributed by atoms with Crippen molar-refractivity contribution >= 4 is 16.9 Å². The van der Waals surface area contributed by atoms with E-state index in [1.54, 1.807) is 36.4 Å². The minimum absolute atomic E-state index is 0.111. The first-order valence-corrected chi connectivity index (χ1v) is 9.28. The fourth-order valence-electron chi connectivity index (χ4n) is 3.72. The van der Waals surface area contributed by atoms with Gasteiger partial charge < -0.3 is 19.6 Å². The van der Waals surface area contributed by atoms with Gasteiger partial charge in [0.25, 0.3) is 5.56 Å². The molecule has 29 heavy (non-hydrogen) atoms. The van der Waals surface area contributed by atoms with Gasteiger partial charge in [-0.1, -0.05) is 12.1 Å². The average molecular weight is 390 g/mol. The van der Waals surface area contributed by atoms with Crippen LogP contribution in [-0.2, 0) is 19.5 Å². The number of H-pyrrole nitrogens is 1. The fourth-order valence-corrected chi connectivity index (χ4v) is 3.72. The molecule has 1 aliphatic rings. The molecule has 0 bridgehead atoms. The summed E-state index contributed by atoms with van der Waals surface area (Å²) in [7, 11) is 0. The maximum absolute atomic E-state index is 12.9. The van der Waals surface area contributed by atoms with Crippen molar-refractivity contribution in [1.82, 2.24) is 14.9 Å². The van der Waals surface area contributed by atoms with E-state index in [9.17, 15) is 9.59 Å². The maximum Gasteiger partial charge on any atom is 0.256 e. The summed E-state index contributed by atoms with van der Waals surface area (Å²) in [5.41, 5.74) is 7.88. The Morgan fingerprint density at radius 3 is 2.86 bits per heavy atom. The Bertz CT molecular complexity index is 1320. The van der Waals surface area contributed by atoms with Crippen molar-refractivity contribution < 1.29 is 8.83 Å². The van der Waals surface area contributed by atoms with Crippen LogP contribution in [0, 0.1) is 0 Å². The third-order valence-corrected chi connectivity index (χ3v) is 5.21. The number of rotatable bonds is 3. The number of nitrogens with zero attached hydrogens (tertiary/aromatic N) is 2. The summed E-state index contributed by atoms with van der Waals surface area (Å²) < 4.78 is 11.0. The van der Waals surface area contributed by atoms with Crippen molar-refractivity contribution in [2.24, 2.45) is 0 Å². The van der Waals surface area contributed by atoms with E-state index >= 15 is 0 Å². The van der Waals surface area contributed by atoms with Crippen LogP contribution in [0.5, 0.6) is 0 Å². The van der Waals surface area contributed by atoms with Gasteiger partial charge in [0.2, 0.25) is 0 Å². The van der Waals surface area contributed by atoms with Crippen LogP contribution in [0.15, 0.2) is 61.1 Å². The monoisotopic (exact) mass is 390 g/mol. The van der Waals surface area contributed by atoms with Crippen LogP contribution in [0.3, 0.4) is 0 Å². The molecule has 3 aromatic heterocycles.